The van der Waals surface area contributed by atoms with E-state index in [1.165, 1.54) is 0 Å². The van der Waals surface area contributed by atoms with Gasteiger partial charge in [-0.15, -0.1) is 0 Å². The van der Waals surface area contributed by atoms with Gasteiger partial charge in [-0.2, -0.15) is 4.90 Å². The Morgan fingerprint density at radius 2 is 2.00 bits per heavy atom. The van der Waals surface area contributed by atoms with Crippen LogP contribution in [0.1, 0.15) is 12.0 Å². The van der Waals surface area contributed by atoms with Crippen molar-refractivity contribution in [3.63, 3.8) is 0 Å². The highest BCUT2D eigenvalue weighted by molar-refractivity contribution is 6.15. The van der Waals surface area contributed by atoms with Crippen molar-refractivity contribution in [2.24, 2.45) is 0 Å². The van der Waals surface area contributed by atoms with Crippen molar-refractivity contribution in [2.75, 3.05) is 0 Å². The molecule has 1 aromatic carbocycles. The topological polar surface area (TPSA) is 83.9 Å². The lowest BCUT2D eigenvalue weighted by Crippen LogP contribution is -2.37. The zero-order valence-electron chi connectivity index (χ0n) is 9.41. The first-order valence-electron chi connectivity index (χ1n) is 5.35. The molecule has 0 aliphatic carbocycles. The van der Waals surface area contributed by atoms with Crippen molar-refractivity contribution < 1.29 is 24.2 Å². The molecule has 1 aliphatic rings. The minimum atomic E-state index is -1.56. The van der Waals surface area contributed by atoms with Gasteiger partial charge in [0, 0.05) is 0 Å². The van der Waals surface area contributed by atoms with Gasteiger partial charge in [0.2, 0.25) is 5.91 Å². The molecule has 2 rings (SSSR count). The highest BCUT2D eigenvalue weighted by atomic mass is 16.5. The highest BCUT2D eigenvalue weighted by Crippen LogP contribution is 2.17. The minimum absolute atomic E-state index is 0.165. The van der Waals surface area contributed by atoms with E-state index in [4.69, 9.17) is 9.84 Å². The standard InChI is InChI=1S/C12H11NO5/c14-10-6-9(11(15)13(10)12(16)17)18-7-8-4-2-1-3-5-8/h1-5,9H,6-7H2,(H,16,17). The van der Waals surface area contributed by atoms with E-state index < -0.39 is 24.0 Å². The number of carbonyl (C=O) groups excluding carboxylic acids is 2. The van der Waals surface area contributed by atoms with Crippen LogP contribution in [-0.2, 0) is 20.9 Å². The molecule has 0 aromatic heterocycles. The summed E-state index contributed by atoms with van der Waals surface area (Å²) in [5.74, 6) is -1.56. The van der Waals surface area contributed by atoms with Crippen LogP contribution in [0.3, 0.4) is 0 Å². The second-order valence-electron chi connectivity index (χ2n) is 3.84. The zero-order chi connectivity index (χ0) is 13.1. The van der Waals surface area contributed by atoms with Crippen LogP contribution in [0.2, 0.25) is 0 Å². The molecule has 1 heterocycles. The first-order chi connectivity index (χ1) is 8.59. The molecule has 6 heteroatoms. The van der Waals surface area contributed by atoms with E-state index in [0.29, 0.717) is 0 Å². The van der Waals surface area contributed by atoms with E-state index in [1.54, 1.807) is 0 Å². The molecule has 1 aromatic rings. The van der Waals surface area contributed by atoms with Crippen LogP contribution in [0.25, 0.3) is 0 Å². The quantitative estimate of drug-likeness (QED) is 0.808. The summed E-state index contributed by atoms with van der Waals surface area (Å²) >= 11 is 0. The van der Waals surface area contributed by atoms with Gasteiger partial charge in [-0.3, -0.25) is 9.59 Å². The number of nitrogens with zero attached hydrogens (tertiary/aromatic N) is 1. The number of amides is 3. The van der Waals surface area contributed by atoms with Gasteiger partial charge in [0.15, 0.2) is 0 Å². The number of imide groups is 3. The fraction of sp³-hybridized carbons (Fsp3) is 0.250. The van der Waals surface area contributed by atoms with Crippen molar-refractivity contribution >= 4 is 17.9 Å². The molecular formula is C12H11NO5. The second kappa shape index (κ2) is 4.97. The molecule has 0 spiro atoms. The molecule has 18 heavy (non-hydrogen) atoms. The van der Waals surface area contributed by atoms with E-state index >= 15 is 0 Å². The van der Waals surface area contributed by atoms with Crippen LogP contribution in [0.4, 0.5) is 4.79 Å². The molecule has 1 fully saturated rings. The Bertz CT molecular complexity index is 485. The third-order valence-corrected chi connectivity index (χ3v) is 2.59. The summed E-state index contributed by atoms with van der Waals surface area (Å²) in [7, 11) is 0. The molecular weight excluding hydrogens is 238 g/mol. The summed E-state index contributed by atoms with van der Waals surface area (Å²) in [6, 6.07) is 9.13. The van der Waals surface area contributed by atoms with Crippen LogP contribution in [0, 0.1) is 0 Å². The molecule has 1 saturated heterocycles. The van der Waals surface area contributed by atoms with E-state index in [9.17, 15) is 14.4 Å². The summed E-state index contributed by atoms with van der Waals surface area (Å²) in [6.07, 6.45) is -2.79. The Kier molecular flexibility index (Phi) is 3.38. The molecule has 0 saturated carbocycles. The number of hydrogen-bond donors (Lipinski definition) is 1. The van der Waals surface area contributed by atoms with Crippen LogP contribution in [0.15, 0.2) is 30.3 Å². The van der Waals surface area contributed by atoms with Gasteiger partial charge >= 0.3 is 6.09 Å². The van der Waals surface area contributed by atoms with Gasteiger partial charge in [-0.25, -0.2) is 4.79 Å². The molecule has 1 N–H and O–H groups in total. The lowest BCUT2D eigenvalue weighted by molar-refractivity contribution is -0.139. The monoisotopic (exact) mass is 249 g/mol. The fourth-order valence-corrected chi connectivity index (χ4v) is 1.71. The molecule has 0 bridgehead atoms. The Morgan fingerprint density at radius 1 is 1.33 bits per heavy atom. The molecule has 6 nitrogen and oxygen atoms in total. The Labute approximate surface area is 103 Å². The largest absolute Gasteiger partial charge is 0.464 e. The molecule has 1 atom stereocenters. The Hall–Kier alpha value is -2.21. The van der Waals surface area contributed by atoms with E-state index in [1.807, 2.05) is 30.3 Å². The van der Waals surface area contributed by atoms with Crippen molar-refractivity contribution in [1.82, 2.24) is 4.90 Å². The van der Waals surface area contributed by atoms with Crippen LogP contribution >= 0.6 is 0 Å². The number of hydrogen-bond acceptors (Lipinski definition) is 4. The third kappa shape index (κ3) is 2.38. The maximum atomic E-state index is 11.6. The summed E-state index contributed by atoms with van der Waals surface area (Å²) in [5, 5.41) is 8.69. The van der Waals surface area contributed by atoms with Gasteiger partial charge in [0.25, 0.3) is 5.91 Å². The molecule has 0 radical (unpaired) electrons. The summed E-state index contributed by atoms with van der Waals surface area (Å²) < 4.78 is 5.28. The zero-order valence-corrected chi connectivity index (χ0v) is 9.41. The number of likely N-dealkylation sites (tertiary alicyclic amines) is 1. The van der Waals surface area contributed by atoms with Crippen molar-refractivity contribution in [1.29, 1.82) is 0 Å². The first kappa shape index (κ1) is 12.3. The summed E-state index contributed by atoms with van der Waals surface area (Å²) in [5.41, 5.74) is 0.853. The van der Waals surface area contributed by atoms with Crippen molar-refractivity contribution in [2.45, 2.75) is 19.1 Å². The molecule has 3 amide bonds. The van der Waals surface area contributed by atoms with Gasteiger partial charge in [0.05, 0.1) is 13.0 Å². The van der Waals surface area contributed by atoms with E-state index in [-0.39, 0.29) is 17.9 Å². The number of carboxylic acid groups (broad SMARTS) is 1. The van der Waals surface area contributed by atoms with Gasteiger partial charge in [-0.1, -0.05) is 30.3 Å². The van der Waals surface area contributed by atoms with E-state index in [2.05, 4.69) is 0 Å². The van der Waals surface area contributed by atoms with Crippen molar-refractivity contribution in [3.8, 4) is 0 Å². The third-order valence-electron chi connectivity index (χ3n) is 2.59. The number of rotatable bonds is 3. The molecule has 1 aliphatic heterocycles. The van der Waals surface area contributed by atoms with Crippen LogP contribution < -0.4 is 0 Å². The second-order valence-corrected chi connectivity index (χ2v) is 3.84. The van der Waals surface area contributed by atoms with Crippen molar-refractivity contribution in [3.05, 3.63) is 35.9 Å². The fourth-order valence-electron chi connectivity index (χ4n) is 1.71. The maximum Gasteiger partial charge on any atom is 0.421 e. The normalized spacial score (nSPS) is 19.3. The van der Waals surface area contributed by atoms with Crippen LogP contribution in [-0.4, -0.2) is 34.0 Å². The number of benzene rings is 1. The summed E-state index contributed by atoms with van der Waals surface area (Å²) in [6.45, 7) is 0.165. The van der Waals surface area contributed by atoms with Crippen LogP contribution in [0.5, 0.6) is 0 Å². The van der Waals surface area contributed by atoms with Gasteiger partial charge in [-0.05, 0) is 5.56 Å². The molecule has 94 valence electrons. The SMILES string of the molecule is O=C(O)N1C(=O)CC(OCc2ccccc2)C1=O. The molecule has 1 unspecified atom stereocenters. The number of carbonyl (C=O) groups is 3. The van der Waals surface area contributed by atoms with E-state index in [0.717, 1.165) is 5.56 Å². The average Bonchev–Trinajstić information content (AvgIpc) is 2.63. The highest BCUT2D eigenvalue weighted by Gasteiger charge is 2.43. The average molecular weight is 249 g/mol. The Balaban J connectivity index is 1.98. The maximum absolute atomic E-state index is 11.6. The van der Waals surface area contributed by atoms with Gasteiger partial charge in [0.1, 0.15) is 6.10 Å². The Morgan fingerprint density at radius 3 is 2.56 bits per heavy atom. The first-order valence-corrected chi connectivity index (χ1v) is 5.35. The predicted octanol–water partition coefficient (Wildman–Crippen LogP) is 1.01. The lowest BCUT2D eigenvalue weighted by atomic mass is 10.2. The smallest absolute Gasteiger partial charge is 0.421 e. The minimum Gasteiger partial charge on any atom is -0.464 e. The number of ether oxygens (including phenoxy) is 1. The van der Waals surface area contributed by atoms with Gasteiger partial charge < -0.3 is 9.84 Å². The predicted molar refractivity (Wildman–Crippen MR) is 59.5 cm³/mol. The summed E-state index contributed by atoms with van der Waals surface area (Å²) in [4.78, 5) is 33.7. The lowest BCUT2D eigenvalue weighted by Gasteiger charge is -2.10.